The summed E-state index contributed by atoms with van der Waals surface area (Å²) < 4.78 is 43.9. The van der Waals surface area contributed by atoms with Crippen molar-refractivity contribution in [3.05, 3.63) is 29.6 Å². The van der Waals surface area contributed by atoms with Crippen molar-refractivity contribution in [3.63, 3.8) is 0 Å². The molecule has 0 atom stereocenters. The molecule has 0 heterocycles. The van der Waals surface area contributed by atoms with E-state index in [1.807, 2.05) is 4.72 Å². The molecule has 0 radical (unpaired) electrons. The molecule has 1 amide bonds. The van der Waals surface area contributed by atoms with Crippen LogP contribution < -0.4 is 15.2 Å². The van der Waals surface area contributed by atoms with Crippen LogP contribution in [-0.4, -0.2) is 21.6 Å². The summed E-state index contributed by atoms with van der Waals surface area (Å²) in [6.45, 7) is -0.192. The first-order valence-corrected chi connectivity index (χ1v) is 6.24. The van der Waals surface area contributed by atoms with Gasteiger partial charge in [-0.25, -0.2) is 13.9 Å². The lowest BCUT2D eigenvalue weighted by Gasteiger charge is -2.12. The van der Waals surface area contributed by atoms with Crippen LogP contribution in [0.3, 0.4) is 0 Å². The Morgan fingerprint density at radius 2 is 2.17 bits per heavy atom. The first-order chi connectivity index (χ1) is 8.39. The number of amides is 1. The van der Waals surface area contributed by atoms with Crippen LogP contribution in [0.5, 0.6) is 0 Å². The fourth-order valence-corrected chi connectivity index (χ4v) is 2.02. The minimum Gasteiger partial charge on any atom is -0.452 e. The molecule has 4 N–H and O–H groups in total. The number of nitrogens with two attached hydrogens (primary N) is 1. The minimum atomic E-state index is -4.19. The van der Waals surface area contributed by atoms with Crippen LogP contribution in [0.4, 0.5) is 14.9 Å². The molecule has 0 unspecified atom stereocenters. The number of methoxy groups -OCH3 is 1. The molecule has 0 spiro atoms. The van der Waals surface area contributed by atoms with Crippen molar-refractivity contribution in [3.8, 4) is 0 Å². The highest BCUT2D eigenvalue weighted by molar-refractivity contribution is 7.91. The zero-order chi connectivity index (χ0) is 13.8. The molecule has 0 aliphatic carbocycles. The molecule has 0 aliphatic heterocycles. The second kappa shape index (κ2) is 5.65. The fourth-order valence-electron chi connectivity index (χ4n) is 1.18. The lowest BCUT2D eigenvalue weighted by Crippen LogP contribution is -2.35. The van der Waals surface area contributed by atoms with Gasteiger partial charge in [0.05, 0.1) is 12.8 Å². The van der Waals surface area contributed by atoms with Crippen molar-refractivity contribution in [2.45, 2.75) is 6.54 Å². The Balaban J connectivity index is 2.97. The van der Waals surface area contributed by atoms with Crippen molar-refractivity contribution in [1.29, 1.82) is 0 Å². The highest BCUT2D eigenvalue weighted by Crippen LogP contribution is 2.19. The van der Waals surface area contributed by atoms with E-state index >= 15 is 0 Å². The zero-order valence-corrected chi connectivity index (χ0v) is 10.3. The van der Waals surface area contributed by atoms with Gasteiger partial charge in [0.1, 0.15) is 5.82 Å². The van der Waals surface area contributed by atoms with Crippen LogP contribution >= 0.6 is 0 Å². The van der Waals surface area contributed by atoms with E-state index in [0.29, 0.717) is 0 Å². The van der Waals surface area contributed by atoms with Gasteiger partial charge in [-0.15, -0.1) is 0 Å². The van der Waals surface area contributed by atoms with Crippen LogP contribution in [0.1, 0.15) is 5.56 Å². The maximum Gasteiger partial charge on any atom is 0.422 e. The van der Waals surface area contributed by atoms with Crippen LogP contribution in [0.25, 0.3) is 0 Å². The first-order valence-electron chi connectivity index (χ1n) is 4.75. The van der Waals surface area contributed by atoms with Gasteiger partial charge in [0.15, 0.2) is 0 Å². The normalized spacial score (nSPS) is 10.8. The van der Waals surface area contributed by atoms with E-state index in [9.17, 15) is 17.6 Å². The summed E-state index contributed by atoms with van der Waals surface area (Å²) in [6.07, 6.45) is -1.16. The molecule has 0 fully saturated rings. The molecular weight excluding hydrogens is 265 g/mol. The molecule has 1 aromatic rings. The summed E-state index contributed by atoms with van der Waals surface area (Å²) in [5.41, 5.74) is 5.26. The van der Waals surface area contributed by atoms with E-state index in [2.05, 4.69) is 4.74 Å². The predicted octanol–water partition coefficient (Wildman–Crippen LogP) is 0.297. The van der Waals surface area contributed by atoms with E-state index in [4.69, 9.17) is 5.73 Å². The molecule has 0 bridgehead atoms. The van der Waals surface area contributed by atoms with Crippen molar-refractivity contribution in [2.24, 2.45) is 5.73 Å². The van der Waals surface area contributed by atoms with E-state index in [1.54, 1.807) is 4.72 Å². The first kappa shape index (κ1) is 14.2. The third-order valence-electron chi connectivity index (χ3n) is 1.97. The maximum atomic E-state index is 13.3. The summed E-state index contributed by atoms with van der Waals surface area (Å²) in [5.74, 6) is -0.643. The van der Waals surface area contributed by atoms with Gasteiger partial charge in [-0.3, -0.25) is 4.72 Å². The Morgan fingerprint density at radius 1 is 1.50 bits per heavy atom. The maximum absolute atomic E-state index is 13.3. The minimum absolute atomic E-state index is 0.00672. The highest BCUT2D eigenvalue weighted by atomic mass is 32.2. The van der Waals surface area contributed by atoms with Gasteiger partial charge >= 0.3 is 16.3 Å². The van der Waals surface area contributed by atoms with Crippen LogP contribution in [0, 0.1) is 5.82 Å². The summed E-state index contributed by atoms with van der Waals surface area (Å²) >= 11 is 0. The van der Waals surface area contributed by atoms with Gasteiger partial charge in [-0.05, 0) is 12.1 Å². The van der Waals surface area contributed by atoms with E-state index in [-0.39, 0.29) is 17.8 Å². The molecular formula is C9H12FN3O4S. The molecule has 1 aromatic carbocycles. The Morgan fingerprint density at radius 3 is 2.72 bits per heavy atom. The zero-order valence-electron chi connectivity index (χ0n) is 9.44. The van der Waals surface area contributed by atoms with Crippen LogP contribution in [0.15, 0.2) is 18.2 Å². The van der Waals surface area contributed by atoms with Gasteiger partial charge in [0, 0.05) is 12.1 Å². The van der Waals surface area contributed by atoms with E-state index in [0.717, 1.165) is 13.2 Å². The number of nitrogens with one attached hydrogen (secondary N) is 2. The fraction of sp³-hybridized carbons (Fsp3) is 0.222. The van der Waals surface area contributed by atoms with Crippen molar-refractivity contribution in [2.75, 3.05) is 11.8 Å². The number of hydrogen-bond acceptors (Lipinski definition) is 5. The molecule has 0 aliphatic rings. The summed E-state index contributed by atoms with van der Waals surface area (Å²) in [7, 11) is -3.18. The number of benzene rings is 1. The standard InChI is InChI=1S/C9H12FN3O4S/c1-17-9(14)13-18(15,16)12-8-4-2-3-7(10)6(8)5-11/h2-4,12H,5,11H2,1H3,(H,13,14). The lowest BCUT2D eigenvalue weighted by molar-refractivity contribution is 0.177. The second-order valence-corrected chi connectivity index (χ2v) is 4.58. The average molecular weight is 277 g/mol. The Hall–Kier alpha value is -1.87. The topological polar surface area (TPSA) is 111 Å². The highest BCUT2D eigenvalue weighted by Gasteiger charge is 2.17. The second-order valence-electron chi connectivity index (χ2n) is 3.17. The lowest BCUT2D eigenvalue weighted by atomic mass is 10.2. The Kier molecular flexibility index (Phi) is 4.45. The summed E-state index contributed by atoms with van der Waals surface area (Å²) in [4.78, 5) is 10.8. The van der Waals surface area contributed by atoms with Gasteiger partial charge in [-0.2, -0.15) is 8.42 Å². The number of rotatable bonds is 4. The van der Waals surface area contributed by atoms with Crippen LogP contribution in [-0.2, 0) is 21.5 Å². The van der Waals surface area contributed by atoms with Gasteiger partial charge in [0.2, 0.25) is 0 Å². The van der Waals surface area contributed by atoms with Crippen molar-refractivity contribution >= 4 is 22.0 Å². The van der Waals surface area contributed by atoms with E-state index in [1.165, 1.54) is 12.1 Å². The number of ether oxygens (including phenoxy) is 1. The number of carbonyl (C=O) groups is 1. The Bertz CT molecular complexity index is 547. The van der Waals surface area contributed by atoms with Gasteiger partial charge in [-0.1, -0.05) is 6.07 Å². The Labute approximate surface area is 103 Å². The van der Waals surface area contributed by atoms with Gasteiger partial charge < -0.3 is 10.5 Å². The summed E-state index contributed by atoms with van der Waals surface area (Å²) in [5, 5.41) is 0. The molecule has 9 heteroatoms. The number of hydrogen-bond donors (Lipinski definition) is 3. The number of carbonyl (C=O) groups excluding carboxylic acids is 1. The van der Waals surface area contributed by atoms with Crippen molar-refractivity contribution in [1.82, 2.24) is 4.72 Å². The molecule has 18 heavy (non-hydrogen) atoms. The van der Waals surface area contributed by atoms with E-state index < -0.39 is 22.1 Å². The number of halogens is 1. The average Bonchev–Trinajstić information content (AvgIpc) is 2.28. The molecule has 0 saturated carbocycles. The monoisotopic (exact) mass is 277 g/mol. The van der Waals surface area contributed by atoms with Gasteiger partial charge in [0.25, 0.3) is 0 Å². The molecule has 0 aromatic heterocycles. The number of anilines is 1. The summed E-state index contributed by atoms with van der Waals surface area (Å²) in [6, 6.07) is 3.78. The quantitative estimate of drug-likeness (QED) is 0.733. The molecule has 100 valence electrons. The third kappa shape index (κ3) is 3.57. The largest absolute Gasteiger partial charge is 0.452 e. The van der Waals surface area contributed by atoms with Crippen LogP contribution in [0.2, 0.25) is 0 Å². The predicted molar refractivity (Wildman–Crippen MR) is 62.4 cm³/mol. The molecule has 7 nitrogen and oxygen atoms in total. The smallest absolute Gasteiger partial charge is 0.422 e. The SMILES string of the molecule is COC(=O)NS(=O)(=O)Nc1cccc(F)c1CN. The third-order valence-corrected chi connectivity index (χ3v) is 2.89. The molecule has 1 rings (SSSR count). The van der Waals surface area contributed by atoms with Crippen molar-refractivity contribution < 1.29 is 22.3 Å². The molecule has 0 saturated heterocycles.